The highest BCUT2D eigenvalue weighted by molar-refractivity contribution is 6.34. The summed E-state index contributed by atoms with van der Waals surface area (Å²) < 4.78 is 1.81. The van der Waals surface area contributed by atoms with Crippen molar-refractivity contribution in [3.05, 3.63) is 57.8 Å². The van der Waals surface area contributed by atoms with Crippen molar-refractivity contribution in [2.75, 3.05) is 18.8 Å². The number of anilines is 1. The Labute approximate surface area is 193 Å². The number of amides is 1. The van der Waals surface area contributed by atoms with Crippen molar-refractivity contribution in [2.24, 2.45) is 11.8 Å². The zero-order chi connectivity index (χ0) is 22.1. The molecule has 0 unspecified atom stereocenters. The fourth-order valence-electron chi connectivity index (χ4n) is 4.90. The molecule has 1 saturated heterocycles. The topological polar surface area (TPSA) is 76.2 Å². The zero-order valence-corrected chi connectivity index (χ0v) is 19.3. The molecule has 3 N–H and O–H groups in total. The molecule has 4 rings (SSSR count). The first-order valence-corrected chi connectivity index (χ1v) is 11.6. The molecule has 2 aliphatic rings. The van der Waals surface area contributed by atoms with Crippen molar-refractivity contribution in [3.63, 3.8) is 0 Å². The Morgan fingerprint density at radius 3 is 2.58 bits per heavy atom. The maximum absolute atomic E-state index is 12.9. The SMILES string of the molecule is C=C(NC(=O)c1cnn(C2CCCC2)c1N)[C@@H]1CN(Cc2cc(Cl)cc(Cl)c2)C[C@H]1C. The molecule has 1 aromatic heterocycles. The number of nitrogen functional groups attached to an aromatic ring is 1. The van der Waals surface area contributed by atoms with Crippen molar-refractivity contribution < 1.29 is 4.79 Å². The summed E-state index contributed by atoms with van der Waals surface area (Å²) in [6.07, 6.45) is 6.06. The molecule has 31 heavy (non-hydrogen) atoms. The van der Waals surface area contributed by atoms with Gasteiger partial charge in [0.05, 0.1) is 12.2 Å². The molecule has 1 saturated carbocycles. The first-order chi connectivity index (χ1) is 14.8. The average Bonchev–Trinajstić information content (AvgIpc) is 3.41. The van der Waals surface area contributed by atoms with E-state index in [1.54, 1.807) is 16.9 Å². The van der Waals surface area contributed by atoms with E-state index in [1.807, 2.05) is 12.1 Å². The minimum absolute atomic E-state index is 0.157. The second-order valence-corrected chi connectivity index (χ2v) is 9.73. The highest BCUT2D eigenvalue weighted by atomic mass is 35.5. The van der Waals surface area contributed by atoms with Gasteiger partial charge in [-0.15, -0.1) is 0 Å². The van der Waals surface area contributed by atoms with Gasteiger partial charge in [-0.2, -0.15) is 5.10 Å². The Kier molecular flexibility index (Phi) is 6.60. The summed E-state index contributed by atoms with van der Waals surface area (Å²) in [5.74, 6) is 0.723. The summed E-state index contributed by atoms with van der Waals surface area (Å²) in [4.78, 5) is 15.2. The van der Waals surface area contributed by atoms with E-state index >= 15 is 0 Å². The number of carbonyl (C=O) groups is 1. The lowest BCUT2D eigenvalue weighted by Gasteiger charge is -2.19. The molecule has 0 radical (unpaired) electrons. The third-order valence-corrected chi connectivity index (χ3v) is 6.92. The Hall–Kier alpha value is -2.02. The van der Waals surface area contributed by atoms with Crippen molar-refractivity contribution in [3.8, 4) is 0 Å². The van der Waals surface area contributed by atoms with Crippen LogP contribution in [0.25, 0.3) is 0 Å². The van der Waals surface area contributed by atoms with E-state index < -0.39 is 0 Å². The van der Waals surface area contributed by atoms with Gasteiger partial charge < -0.3 is 11.1 Å². The van der Waals surface area contributed by atoms with E-state index in [0.717, 1.165) is 43.7 Å². The van der Waals surface area contributed by atoms with Gasteiger partial charge in [0, 0.05) is 41.3 Å². The average molecular weight is 462 g/mol. The van der Waals surface area contributed by atoms with Gasteiger partial charge in [0.1, 0.15) is 11.4 Å². The van der Waals surface area contributed by atoms with Gasteiger partial charge in [-0.25, -0.2) is 4.68 Å². The summed E-state index contributed by atoms with van der Waals surface area (Å²) in [6, 6.07) is 5.91. The minimum Gasteiger partial charge on any atom is -0.383 e. The van der Waals surface area contributed by atoms with E-state index in [1.165, 1.54) is 12.8 Å². The molecule has 1 aliphatic carbocycles. The van der Waals surface area contributed by atoms with Crippen LogP contribution in [0.1, 0.15) is 54.6 Å². The molecule has 2 aromatic rings. The van der Waals surface area contributed by atoms with Crippen molar-refractivity contribution in [1.82, 2.24) is 20.0 Å². The number of nitrogens with zero attached hydrogens (tertiary/aromatic N) is 3. The van der Waals surface area contributed by atoms with E-state index in [2.05, 4.69) is 28.8 Å². The molecule has 1 aliphatic heterocycles. The van der Waals surface area contributed by atoms with Crippen molar-refractivity contribution in [2.45, 2.75) is 45.2 Å². The van der Waals surface area contributed by atoms with Gasteiger partial charge in [0.15, 0.2) is 0 Å². The number of carbonyl (C=O) groups excluding carboxylic acids is 1. The van der Waals surface area contributed by atoms with Gasteiger partial charge in [-0.05, 0) is 42.5 Å². The molecular formula is C23H29Cl2N5O. The third kappa shape index (κ3) is 4.92. The highest BCUT2D eigenvalue weighted by Crippen LogP contribution is 2.32. The summed E-state index contributed by atoms with van der Waals surface area (Å²) in [7, 11) is 0. The number of nitrogens with two attached hydrogens (primary N) is 1. The number of rotatable bonds is 6. The van der Waals surface area contributed by atoms with E-state index in [-0.39, 0.29) is 11.8 Å². The normalized spacial score (nSPS) is 22.2. The first kappa shape index (κ1) is 22.2. The molecule has 6 nitrogen and oxygen atoms in total. The predicted molar refractivity (Wildman–Crippen MR) is 125 cm³/mol. The number of hydrogen-bond acceptors (Lipinski definition) is 4. The van der Waals surface area contributed by atoms with Crippen LogP contribution in [0.2, 0.25) is 10.0 Å². The number of nitrogens with one attached hydrogen (secondary N) is 1. The molecule has 2 heterocycles. The lowest BCUT2D eigenvalue weighted by molar-refractivity contribution is 0.0961. The van der Waals surface area contributed by atoms with Gasteiger partial charge in [0.2, 0.25) is 0 Å². The monoisotopic (exact) mass is 461 g/mol. The summed E-state index contributed by atoms with van der Waals surface area (Å²) >= 11 is 12.3. The van der Waals surface area contributed by atoms with Gasteiger partial charge in [-0.1, -0.05) is 49.5 Å². The smallest absolute Gasteiger partial charge is 0.260 e. The molecule has 1 aromatic carbocycles. The molecule has 8 heteroatoms. The molecule has 2 fully saturated rings. The molecule has 1 amide bonds. The zero-order valence-electron chi connectivity index (χ0n) is 17.8. The standard InChI is InChI=1S/C23H29Cl2N5O/c1-14-11-29(12-16-7-17(24)9-18(25)8-16)13-21(14)15(2)28-23(31)20-10-27-30(22(20)26)19-5-3-4-6-19/h7-10,14,19,21H,2-6,11-13,26H2,1H3,(H,28,31)/t14-,21-/m1/s1. The molecule has 0 bridgehead atoms. The van der Waals surface area contributed by atoms with Crippen molar-refractivity contribution in [1.29, 1.82) is 0 Å². The summed E-state index contributed by atoms with van der Waals surface area (Å²) in [5.41, 5.74) is 8.47. The van der Waals surface area contributed by atoms with Gasteiger partial charge >= 0.3 is 0 Å². The first-order valence-electron chi connectivity index (χ1n) is 10.8. The largest absolute Gasteiger partial charge is 0.383 e. The maximum atomic E-state index is 12.9. The number of likely N-dealkylation sites (tertiary alicyclic amines) is 1. The second kappa shape index (κ2) is 9.23. The summed E-state index contributed by atoms with van der Waals surface area (Å²) in [6.45, 7) is 8.82. The lowest BCUT2D eigenvalue weighted by atomic mass is 9.95. The van der Waals surface area contributed by atoms with Crippen LogP contribution in [-0.4, -0.2) is 33.7 Å². The number of hydrogen-bond donors (Lipinski definition) is 2. The molecular weight excluding hydrogens is 433 g/mol. The highest BCUT2D eigenvalue weighted by Gasteiger charge is 2.33. The van der Waals surface area contributed by atoms with E-state index in [9.17, 15) is 4.79 Å². The van der Waals surface area contributed by atoms with E-state index in [0.29, 0.717) is 33.4 Å². The Morgan fingerprint density at radius 2 is 1.90 bits per heavy atom. The van der Waals surface area contributed by atoms with Crippen LogP contribution in [0.3, 0.4) is 0 Å². The van der Waals surface area contributed by atoms with Crippen LogP contribution in [0.5, 0.6) is 0 Å². The van der Waals surface area contributed by atoms with Crippen LogP contribution in [0, 0.1) is 11.8 Å². The molecule has 0 spiro atoms. The number of aromatic nitrogens is 2. The molecule has 2 atom stereocenters. The molecule has 166 valence electrons. The Bertz CT molecular complexity index is 962. The van der Waals surface area contributed by atoms with Crippen LogP contribution < -0.4 is 11.1 Å². The third-order valence-electron chi connectivity index (χ3n) is 6.49. The summed E-state index contributed by atoms with van der Waals surface area (Å²) in [5, 5.41) is 8.64. The van der Waals surface area contributed by atoms with Crippen LogP contribution in [0.15, 0.2) is 36.7 Å². The second-order valence-electron chi connectivity index (χ2n) is 8.86. The Balaban J connectivity index is 1.37. The Morgan fingerprint density at radius 1 is 1.23 bits per heavy atom. The van der Waals surface area contributed by atoms with Crippen molar-refractivity contribution >= 4 is 34.9 Å². The number of benzene rings is 1. The predicted octanol–water partition coefficient (Wildman–Crippen LogP) is 4.90. The quantitative estimate of drug-likeness (QED) is 0.641. The number of halogens is 2. The maximum Gasteiger partial charge on any atom is 0.260 e. The van der Waals surface area contributed by atoms with Crippen LogP contribution in [0.4, 0.5) is 5.82 Å². The van der Waals surface area contributed by atoms with Gasteiger partial charge in [0.25, 0.3) is 5.91 Å². The van der Waals surface area contributed by atoms with Crippen LogP contribution in [-0.2, 0) is 6.54 Å². The fourth-order valence-corrected chi connectivity index (χ4v) is 5.47. The van der Waals surface area contributed by atoms with Gasteiger partial charge in [-0.3, -0.25) is 9.69 Å². The minimum atomic E-state index is -0.237. The van der Waals surface area contributed by atoms with Crippen LogP contribution >= 0.6 is 23.2 Å². The lowest BCUT2D eigenvalue weighted by Crippen LogP contribution is -2.30. The fraction of sp³-hybridized carbons (Fsp3) is 0.478. The van der Waals surface area contributed by atoms with E-state index in [4.69, 9.17) is 28.9 Å².